The molecule has 1 N–H and O–H groups in total. The molecule has 0 aromatic heterocycles. The molecule has 10 heteroatoms. The van der Waals surface area contributed by atoms with E-state index in [0.29, 0.717) is 6.07 Å². The average Bonchev–Trinajstić information content (AvgIpc) is 2.24. The number of rotatable bonds is 4. The van der Waals surface area contributed by atoms with Crippen molar-refractivity contribution in [1.82, 2.24) is 4.72 Å². The summed E-state index contributed by atoms with van der Waals surface area (Å²) in [5.74, 6) is -2.05. The third-order valence-electron chi connectivity index (χ3n) is 2.72. The lowest BCUT2D eigenvalue weighted by atomic mass is 10.1. The van der Waals surface area contributed by atoms with E-state index in [1.165, 1.54) is 6.92 Å². The van der Waals surface area contributed by atoms with E-state index >= 15 is 0 Å². The Bertz CT molecular complexity index is 569. The van der Waals surface area contributed by atoms with Crippen LogP contribution in [-0.2, 0) is 11.4 Å². The highest BCUT2D eigenvalue weighted by Crippen LogP contribution is 3.02. The van der Waals surface area contributed by atoms with E-state index in [2.05, 4.69) is 4.72 Å². The summed E-state index contributed by atoms with van der Waals surface area (Å²) < 4.78 is 91.4. The lowest BCUT2D eigenvalue weighted by molar-refractivity contribution is 0.354. The van der Waals surface area contributed by atoms with E-state index < -0.39 is 48.7 Å². The van der Waals surface area contributed by atoms with E-state index in [9.17, 15) is 28.4 Å². The Hall–Kier alpha value is -0.580. The molecule has 0 aliphatic heterocycles. The van der Waals surface area contributed by atoms with Gasteiger partial charge in [-0.3, -0.25) is 0 Å². The molecule has 22 heavy (non-hydrogen) atoms. The minimum Gasteiger partial charge on any atom is -0.598 e. The van der Waals surface area contributed by atoms with E-state index in [1.54, 1.807) is 20.8 Å². The molecule has 2 nitrogen and oxygen atoms in total. The van der Waals surface area contributed by atoms with Gasteiger partial charge in [-0.15, -0.1) is 4.72 Å². The van der Waals surface area contributed by atoms with Crippen LogP contribution in [0.15, 0.2) is 23.1 Å². The summed E-state index contributed by atoms with van der Waals surface area (Å²) in [5.41, 5.74) is -0.622. The standard InChI is InChI=1S/C12H17F6NOS2/c1-8(19-21(20)12(2,3)4)9-6-5-7-10(11(9)13)22(14,15,16,17)18/h5-8,19H,1-4H3/t8-,21-/m1/s1. The number of benzene rings is 1. The monoisotopic (exact) mass is 369 g/mol. The molecular weight excluding hydrogens is 352 g/mol. The Balaban J connectivity index is 3.25. The molecule has 0 aliphatic carbocycles. The van der Waals surface area contributed by atoms with Crippen molar-refractivity contribution < 1.29 is 28.4 Å². The van der Waals surface area contributed by atoms with Crippen molar-refractivity contribution in [2.45, 2.75) is 43.4 Å². The van der Waals surface area contributed by atoms with E-state index in [1.807, 2.05) is 0 Å². The van der Waals surface area contributed by atoms with Gasteiger partial charge in [0.15, 0.2) is 5.82 Å². The normalized spacial score (nSPS) is 19.2. The van der Waals surface area contributed by atoms with Gasteiger partial charge < -0.3 is 4.55 Å². The van der Waals surface area contributed by atoms with Crippen LogP contribution in [0.3, 0.4) is 0 Å². The Morgan fingerprint density at radius 1 is 1.14 bits per heavy atom. The van der Waals surface area contributed by atoms with E-state index in [-0.39, 0.29) is 6.07 Å². The maximum atomic E-state index is 13.9. The van der Waals surface area contributed by atoms with Gasteiger partial charge in [-0.25, -0.2) is 4.39 Å². The van der Waals surface area contributed by atoms with Crippen molar-refractivity contribution in [2.24, 2.45) is 0 Å². The first-order chi connectivity index (χ1) is 9.43. The smallest absolute Gasteiger partial charge is 0.313 e. The summed E-state index contributed by atoms with van der Waals surface area (Å²) in [7, 11) is -10.1. The van der Waals surface area contributed by atoms with Crippen LogP contribution in [0.2, 0.25) is 0 Å². The van der Waals surface area contributed by atoms with Crippen molar-refractivity contribution in [3.63, 3.8) is 0 Å². The third-order valence-corrected chi connectivity index (χ3v) is 5.54. The quantitative estimate of drug-likeness (QED) is 0.554. The fourth-order valence-corrected chi connectivity index (χ4v) is 3.15. The van der Waals surface area contributed by atoms with Crippen LogP contribution in [0.1, 0.15) is 39.3 Å². The zero-order valence-corrected chi connectivity index (χ0v) is 13.9. The minimum atomic E-state index is -10.1. The fourth-order valence-electron chi connectivity index (χ4n) is 1.56. The summed E-state index contributed by atoms with van der Waals surface area (Å²) >= 11 is -1.70. The van der Waals surface area contributed by atoms with Crippen LogP contribution in [0, 0.1) is 5.82 Å². The second kappa shape index (κ2) is 4.96. The Morgan fingerprint density at radius 2 is 1.64 bits per heavy atom. The molecule has 0 fully saturated rings. The van der Waals surface area contributed by atoms with Crippen LogP contribution < -0.4 is 4.72 Å². The van der Waals surface area contributed by atoms with Crippen LogP contribution in [0.5, 0.6) is 0 Å². The number of hydrogen-bond acceptors (Lipinski definition) is 2. The Kier molecular flexibility index (Phi) is 4.39. The van der Waals surface area contributed by atoms with Gasteiger partial charge >= 0.3 is 10.2 Å². The summed E-state index contributed by atoms with van der Waals surface area (Å²) in [6.07, 6.45) is 0. The zero-order chi connectivity index (χ0) is 17.6. The molecule has 2 atom stereocenters. The maximum Gasteiger partial charge on any atom is 0.313 e. The van der Waals surface area contributed by atoms with Crippen LogP contribution in [0.4, 0.5) is 23.8 Å². The molecule has 1 aromatic carbocycles. The molecule has 0 saturated heterocycles. The van der Waals surface area contributed by atoms with Gasteiger partial charge in [0.1, 0.15) is 9.64 Å². The van der Waals surface area contributed by atoms with E-state index in [0.717, 1.165) is 6.07 Å². The highest BCUT2D eigenvalue weighted by atomic mass is 32.5. The van der Waals surface area contributed by atoms with Crippen molar-refractivity contribution in [3.05, 3.63) is 29.6 Å². The number of hydrogen-bond donors (Lipinski definition) is 1. The molecule has 0 radical (unpaired) electrons. The predicted molar refractivity (Wildman–Crippen MR) is 77.2 cm³/mol. The second-order valence-electron chi connectivity index (χ2n) is 5.85. The summed E-state index contributed by atoms with van der Waals surface area (Å²) in [6.45, 7) is 6.05. The molecule has 130 valence electrons. The van der Waals surface area contributed by atoms with Crippen molar-refractivity contribution in [3.8, 4) is 0 Å². The van der Waals surface area contributed by atoms with E-state index in [4.69, 9.17) is 0 Å². The number of halogens is 6. The molecular formula is C12H17F6NOS2. The topological polar surface area (TPSA) is 35.1 Å². The average molecular weight is 369 g/mol. The molecule has 1 aromatic rings. The molecule has 0 aliphatic rings. The third kappa shape index (κ3) is 4.71. The molecule has 0 amide bonds. The molecule has 0 bridgehead atoms. The summed E-state index contributed by atoms with van der Waals surface area (Å²) in [4.78, 5) is -2.56. The first kappa shape index (κ1) is 19.5. The van der Waals surface area contributed by atoms with Gasteiger partial charge in [-0.1, -0.05) is 31.6 Å². The molecule has 1 rings (SSSR count). The molecule has 0 saturated carbocycles. The number of nitrogens with one attached hydrogen (secondary N) is 1. The molecule has 0 unspecified atom stereocenters. The Labute approximate surface area is 128 Å². The predicted octanol–water partition coefficient (Wildman–Crippen LogP) is 5.60. The second-order valence-corrected chi connectivity index (χ2v) is 10.2. The molecule has 0 spiro atoms. The van der Waals surface area contributed by atoms with Crippen molar-refractivity contribution in [2.75, 3.05) is 0 Å². The van der Waals surface area contributed by atoms with Gasteiger partial charge in [0.05, 0.1) is 6.04 Å². The highest BCUT2D eigenvalue weighted by Gasteiger charge is 2.67. The van der Waals surface area contributed by atoms with Crippen LogP contribution in [0.25, 0.3) is 0 Å². The summed E-state index contributed by atoms with van der Waals surface area (Å²) in [5, 5.41) is 0. The zero-order valence-electron chi connectivity index (χ0n) is 12.3. The van der Waals surface area contributed by atoms with Gasteiger partial charge in [-0.05, 0) is 33.8 Å². The Morgan fingerprint density at radius 3 is 2.05 bits per heavy atom. The van der Waals surface area contributed by atoms with Gasteiger partial charge in [0.2, 0.25) is 0 Å². The van der Waals surface area contributed by atoms with Crippen molar-refractivity contribution in [1.29, 1.82) is 0 Å². The lowest BCUT2D eigenvalue weighted by Crippen LogP contribution is -2.40. The van der Waals surface area contributed by atoms with Gasteiger partial charge in [0, 0.05) is 16.9 Å². The largest absolute Gasteiger partial charge is 0.598 e. The first-order valence-corrected chi connectivity index (χ1v) is 9.24. The fraction of sp³-hybridized carbons (Fsp3) is 0.500. The maximum absolute atomic E-state index is 13.9. The summed E-state index contributed by atoms with van der Waals surface area (Å²) in [6, 6.07) is 0.511. The van der Waals surface area contributed by atoms with Crippen molar-refractivity contribution >= 4 is 21.6 Å². The first-order valence-electron chi connectivity index (χ1n) is 6.14. The highest BCUT2D eigenvalue weighted by molar-refractivity contribution is 8.45. The molecule has 0 heterocycles. The minimum absolute atomic E-state index is 0.00777. The van der Waals surface area contributed by atoms with Crippen LogP contribution >= 0.6 is 10.2 Å². The lowest BCUT2D eigenvalue weighted by Gasteiger charge is -2.41. The van der Waals surface area contributed by atoms with Gasteiger partial charge in [-0.2, -0.15) is 0 Å². The SMILES string of the molecule is C[C@@H](N[S@+]([O-])C(C)(C)C)c1cccc(S(F)(F)(F)(F)F)c1F. The van der Waals surface area contributed by atoms with Gasteiger partial charge in [0.25, 0.3) is 0 Å². The van der Waals surface area contributed by atoms with Crippen LogP contribution in [-0.4, -0.2) is 9.30 Å².